The molecule has 2 aromatic rings. The lowest BCUT2D eigenvalue weighted by Gasteiger charge is -2.35. The SMILES string of the molecule is CN1CC(=O)N(c2ccc(F)cc2)c2cc(Br)ccc21. The lowest BCUT2D eigenvalue weighted by molar-refractivity contribution is -0.116. The molecule has 1 aliphatic heterocycles. The van der Waals surface area contributed by atoms with Gasteiger partial charge in [0.05, 0.1) is 17.9 Å². The number of hydrogen-bond donors (Lipinski definition) is 0. The van der Waals surface area contributed by atoms with Gasteiger partial charge in [-0.25, -0.2) is 4.39 Å². The average molecular weight is 335 g/mol. The van der Waals surface area contributed by atoms with Crippen LogP contribution in [0.25, 0.3) is 0 Å². The number of hydrogen-bond acceptors (Lipinski definition) is 2. The maximum absolute atomic E-state index is 13.1. The van der Waals surface area contributed by atoms with Crippen molar-refractivity contribution in [1.29, 1.82) is 0 Å². The summed E-state index contributed by atoms with van der Waals surface area (Å²) in [6.45, 7) is 0.298. The lowest BCUT2D eigenvalue weighted by atomic mass is 10.1. The third kappa shape index (κ3) is 2.18. The minimum absolute atomic E-state index is 0.0373. The molecule has 102 valence electrons. The fourth-order valence-corrected chi connectivity index (χ4v) is 2.71. The van der Waals surface area contributed by atoms with Gasteiger partial charge in [-0.1, -0.05) is 15.9 Å². The van der Waals surface area contributed by atoms with Crippen LogP contribution in [-0.2, 0) is 4.79 Å². The number of amides is 1. The van der Waals surface area contributed by atoms with Gasteiger partial charge < -0.3 is 4.90 Å². The smallest absolute Gasteiger partial charge is 0.251 e. The second kappa shape index (κ2) is 4.90. The number of likely N-dealkylation sites (N-methyl/N-ethyl adjacent to an activating group) is 1. The van der Waals surface area contributed by atoms with E-state index in [1.54, 1.807) is 17.0 Å². The Hall–Kier alpha value is -1.88. The van der Waals surface area contributed by atoms with Crippen LogP contribution in [0.15, 0.2) is 46.9 Å². The third-order valence-corrected chi connectivity index (χ3v) is 3.79. The predicted molar refractivity (Wildman–Crippen MR) is 81.0 cm³/mol. The van der Waals surface area contributed by atoms with Crippen LogP contribution in [0.2, 0.25) is 0 Å². The minimum atomic E-state index is -0.315. The van der Waals surface area contributed by atoms with Crippen molar-refractivity contribution in [3.8, 4) is 0 Å². The summed E-state index contributed by atoms with van der Waals surface area (Å²) in [4.78, 5) is 15.9. The average Bonchev–Trinajstić information content (AvgIpc) is 2.40. The predicted octanol–water partition coefficient (Wildman–Crippen LogP) is 3.70. The first-order chi connectivity index (χ1) is 9.56. The van der Waals surface area contributed by atoms with Crippen molar-refractivity contribution < 1.29 is 9.18 Å². The van der Waals surface area contributed by atoms with E-state index in [9.17, 15) is 9.18 Å². The monoisotopic (exact) mass is 334 g/mol. The zero-order chi connectivity index (χ0) is 14.3. The van der Waals surface area contributed by atoms with Crippen molar-refractivity contribution in [3.63, 3.8) is 0 Å². The van der Waals surface area contributed by atoms with Gasteiger partial charge in [0.2, 0.25) is 0 Å². The van der Waals surface area contributed by atoms with Crippen molar-refractivity contribution in [2.45, 2.75) is 0 Å². The molecule has 1 heterocycles. The molecule has 3 nitrogen and oxygen atoms in total. The molecule has 1 amide bonds. The molecule has 0 aliphatic carbocycles. The van der Waals surface area contributed by atoms with Gasteiger partial charge in [0.1, 0.15) is 5.82 Å². The number of halogens is 2. The van der Waals surface area contributed by atoms with Crippen molar-refractivity contribution >= 4 is 38.9 Å². The maximum Gasteiger partial charge on any atom is 0.251 e. The van der Waals surface area contributed by atoms with E-state index < -0.39 is 0 Å². The van der Waals surface area contributed by atoms with Crippen LogP contribution in [0, 0.1) is 5.82 Å². The van der Waals surface area contributed by atoms with Gasteiger partial charge in [-0.3, -0.25) is 9.69 Å². The Morgan fingerprint density at radius 1 is 1.10 bits per heavy atom. The highest BCUT2D eigenvalue weighted by atomic mass is 79.9. The minimum Gasteiger partial charge on any atom is -0.364 e. The first-order valence-corrected chi connectivity index (χ1v) is 6.95. The number of fused-ring (bicyclic) bond motifs is 1. The van der Waals surface area contributed by atoms with Crippen LogP contribution < -0.4 is 9.80 Å². The topological polar surface area (TPSA) is 23.6 Å². The highest BCUT2D eigenvalue weighted by Gasteiger charge is 2.28. The summed E-state index contributed by atoms with van der Waals surface area (Å²) in [7, 11) is 1.88. The second-order valence-electron chi connectivity index (χ2n) is 4.69. The summed E-state index contributed by atoms with van der Waals surface area (Å²) in [6, 6.07) is 11.7. The highest BCUT2D eigenvalue weighted by Crippen LogP contribution is 2.39. The number of carbonyl (C=O) groups excluding carboxylic acids is 1. The van der Waals surface area contributed by atoms with Crippen LogP contribution in [0.3, 0.4) is 0 Å². The molecule has 0 saturated carbocycles. The molecular formula is C15H12BrFN2O. The molecule has 20 heavy (non-hydrogen) atoms. The quantitative estimate of drug-likeness (QED) is 0.793. The van der Waals surface area contributed by atoms with E-state index in [-0.39, 0.29) is 11.7 Å². The molecule has 0 atom stereocenters. The van der Waals surface area contributed by atoms with E-state index in [1.807, 2.05) is 30.1 Å². The normalized spacial score (nSPS) is 14.4. The zero-order valence-corrected chi connectivity index (χ0v) is 12.4. The van der Waals surface area contributed by atoms with Crippen LogP contribution in [0.5, 0.6) is 0 Å². The molecule has 0 spiro atoms. The van der Waals surface area contributed by atoms with Crippen LogP contribution in [-0.4, -0.2) is 19.5 Å². The van der Waals surface area contributed by atoms with E-state index in [4.69, 9.17) is 0 Å². The zero-order valence-electron chi connectivity index (χ0n) is 10.8. The number of carbonyl (C=O) groups is 1. The standard InChI is InChI=1S/C15H12BrFN2O/c1-18-9-15(20)19(12-5-3-11(17)4-6-12)14-8-10(16)2-7-13(14)18/h2-8H,9H2,1H3. The van der Waals surface area contributed by atoms with E-state index in [0.717, 1.165) is 15.8 Å². The van der Waals surface area contributed by atoms with Crippen LogP contribution in [0.4, 0.5) is 21.5 Å². The van der Waals surface area contributed by atoms with Gasteiger partial charge in [0.25, 0.3) is 5.91 Å². The molecule has 0 saturated heterocycles. The molecule has 0 radical (unpaired) electrons. The summed E-state index contributed by atoms with van der Waals surface area (Å²) in [5.74, 6) is -0.352. The van der Waals surface area contributed by atoms with E-state index in [0.29, 0.717) is 12.2 Å². The molecule has 0 fully saturated rings. The Balaban J connectivity index is 2.15. The Kier molecular flexibility index (Phi) is 3.22. The van der Waals surface area contributed by atoms with Crippen molar-refractivity contribution in [1.82, 2.24) is 0 Å². The summed E-state index contributed by atoms with van der Waals surface area (Å²) in [6.07, 6.45) is 0. The molecule has 0 bridgehead atoms. The molecule has 2 aromatic carbocycles. The van der Waals surface area contributed by atoms with E-state index in [1.165, 1.54) is 12.1 Å². The number of rotatable bonds is 1. The number of nitrogens with zero attached hydrogens (tertiary/aromatic N) is 2. The first kappa shape index (κ1) is 13.1. The van der Waals surface area contributed by atoms with Crippen molar-refractivity contribution in [2.75, 3.05) is 23.4 Å². The third-order valence-electron chi connectivity index (χ3n) is 3.30. The highest BCUT2D eigenvalue weighted by molar-refractivity contribution is 9.10. The Labute approximate surface area is 124 Å². The lowest BCUT2D eigenvalue weighted by Crippen LogP contribution is -2.41. The van der Waals surface area contributed by atoms with Gasteiger partial charge in [0.15, 0.2) is 0 Å². The summed E-state index contributed by atoms with van der Waals surface area (Å²) in [5, 5.41) is 0. The van der Waals surface area contributed by atoms with Gasteiger partial charge in [-0.15, -0.1) is 0 Å². The molecule has 0 N–H and O–H groups in total. The van der Waals surface area contributed by atoms with E-state index >= 15 is 0 Å². The van der Waals surface area contributed by atoms with E-state index in [2.05, 4.69) is 15.9 Å². The fraction of sp³-hybridized carbons (Fsp3) is 0.133. The van der Waals surface area contributed by atoms with Gasteiger partial charge >= 0.3 is 0 Å². The summed E-state index contributed by atoms with van der Waals surface area (Å²) >= 11 is 3.43. The molecule has 0 aromatic heterocycles. The second-order valence-corrected chi connectivity index (χ2v) is 5.61. The van der Waals surface area contributed by atoms with Gasteiger partial charge in [-0.2, -0.15) is 0 Å². The molecule has 1 aliphatic rings. The summed E-state index contributed by atoms with van der Waals surface area (Å²) in [5.41, 5.74) is 2.44. The molecular weight excluding hydrogens is 323 g/mol. The molecule has 0 unspecified atom stereocenters. The van der Waals surface area contributed by atoms with Crippen LogP contribution in [0.1, 0.15) is 0 Å². The fourth-order valence-electron chi connectivity index (χ4n) is 2.36. The summed E-state index contributed by atoms with van der Waals surface area (Å²) < 4.78 is 13.9. The van der Waals surface area contributed by atoms with Gasteiger partial charge in [0, 0.05) is 17.2 Å². The maximum atomic E-state index is 13.1. The molecule has 5 heteroatoms. The van der Waals surface area contributed by atoms with Gasteiger partial charge in [-0.05, 0) is 42.5 Å². The Bertz CT molecular complexity index is 672. The Morgan fingerprint density at radius 3 is 2.50 bits per heavy atom. The largest absolute Gasteiger partial charge is 0.364 e. The molecule has 3 rings (SSSR count). The van der Waals surface area contributed by atoms with Crippen molar-refractivity contribution in [2.24, 2.45) is 0 Å². The van der Waals surface area contributed by atoms with Crippen molar-refractivity contribution in [3.05, 3.63) is 52.8 Å². The van der Waals surface area contributed by atoms with Crippen LogP contribution >= 0.6 is 15.9 Å². The Morgan fingerprint density at radius 2 is 1.80 bits per heavy atom. The number of anilines is 3. The number of benzene rings is 2. The first-order valence-electron chi connectivity index (χ1n) is 6.15.